The molecule has 0 aliphatic rings. The number of nitrogens with zero attached hydrogens (tertiary/aromatic N) is 1. The summed E-state index contributed by atoms with van der Waals surface area (Å²) in [5.74, 6) is -0.535. The minimum atomic E-state index is -3.51. The zero-order valence-electron chi connectivity index (χ0n) is 13.8. The summed E-state index contributed by atoms with van der Waals surface area (Å²) in [6, 6.07) is 6.54. The quantitative estimate of drug-likeness (QED) is 0.778. The molecule has 1 aromatic carbocycles. The van der Waals surface area contributed by atoms with Gasteiger partial charge in [-0.05, 0) is 18.2 Å². The monoisotopic (exact) mass is 341 g/mol. The first-order chi connectivity index (χ1) is 10.6. The van der Waals surface area contributed by atoms with Crippen LogP contribution in [0.5, 0.6) is 0 Å². The van der Waals surface area contributed by atoms with Gasteiger partial charge in [0.05, 0.1) is 18.5 Å². The van der Waals surface area contributed by atoms with Crippen LogP contribution in [-0.4, -0.2) is 39.6 Å². The van der Waals surface area contributed by atoms with Crippen LogP contribution in [0.15, 0.2) is 24.3 Å². The van der Waals surface area contributed by atoms with Gasteiger partial charge in [-0.15, -0.1) is 0 Å². The fraction of sp³-hybridized carbons (Fsp3) is 0.467. The lowest BCUT2D eigenvalue weighted by Gasteiger charge is -2.23. The molecule has 1 rings (SSSR count). The van der Waals surface area contributed by atoms with Crippen LogP contribution < -0.4 is 14.9 Å². The smallest absolute Gasteiger partial charge is 0.232 e. The van der Waals surface area contributed by atoms with Gasteiger partial charge in [0.1, 0.15) is 0 Å². The summed E-state index contributed by atoms with van der Waals surface area (Å²) < 4.78 is 25.2. The Morgan fingerprint density at radius 2 is 1.91 bits per heavy atom. The van der Waals surface area contributed by atoms with Crippen LogP contribution >= 0.6 is 0 Å². The molecule has 0 saturated carbocycles. The Kier molecular flexibility index (Phi) is 6.56. The van der Waals surface area contributed by atoms with Crippen LogP contribution in [0.25, 0.3) is 0 Å². The molecule has 1 aromatic rings. The lowest BCUT2D eigenvalue weighted by Crippen LogP contribution is -2.39. The van der Waals surface area contributed by atoms with E-state index in [2.05, 4.69) is 10.6 Å². The lowest BCUT2D eigenvalue weighted by atomic mass is 10.2. The first-order valence-corrected chi connectivity index (χ1v) is 9.09. The molecular weight excluding hydrogens is 318 g/mol. The molecule has 0 spiro atoms. The molecular formula is C15H23N3O4S. The summed E-state index contributed by atoms with van der Waals surface area (Å²) >= 11 is 0. The molecule has 8 heteroatoms. The molecule has 7 nitrogen and oxygen atoms in total. The van der Waals surface area contributed by atoms with Crippen LogP contribution in [0.2, 0.25) is 0 Å². The minimum Gasteiger partial charge on any atom is -0.354 e. The number of hydrogen-bond donors (Lipinski definition) is 2. The molecule has 0 aliphatic heterocycles. The Morgan fingerprint density at radius 1 is 1.26 bits per heavy atom. The van der Waals surface area contributed by atoms with Gasteiger partial charge in [0, 0.05) is 25.1 Å². The zero-order valence-corrected chi connectivity index (χ0v) is 14.6. The second kappa shape index (κ2) is 7.96. The second-order valence-electron chi connectivity index (χ2n) is 5.51. The minimum absolute atomic E-state index is 0.112. The van der Waals surface area contributed by atoms with E-state index in [0.717, 1.165) is 6.26 Å². The van der Waals surface area contributed by atoms with Crippen molar-refractivity contribution < 1.29 is 18.0 Å². The predicted octanol–water partition coefficient (Wildman–Crippen LogP) is 1.18. The Labute approximate surface area is 137 Å². The van der Waals surface area contributed by atoms with E-state index in [-0.39, 0.29) is 30.8 Å². The average Bonchev–Trinajstić information content (AvgIpc) is 2.41. The van der Waals surface area contributed by atoms with Crippen molar-refractivity contribution in [3.8, 4) is 0 Å². The highest BCUT2D eigenvalue weighted by Gasteiger charge is 2.18. The summed E-state index contributed by atoms with van der Waals surface area (Å²) in [4.78, 5) is 22.7. The number of rotatable bonds is 7. The van der Waals surface area contributed by atoms with E-state index in [1.165, 1.54) is 11.2 Å². The molecule has 0 bridgehead atoms. The van der Waals surface area contributed by atoms with Gasteiger partial charge < -0.3 is 10.6 Å². The highest BCUT2D eigenvalue weighted by atomic mass is 32.2. The lowest BCUT2D eigenvalue weighted by molar-refractivity contribution is -0.123. The zero-order chi connectivity index (χ0) is 17.6. The molecule has 0 atom stereocenters. The van der Waals surface area contributed by atoms with Gasteiger partial charge in [-0.1, -0.05) is 19.9 Å². The molecule has 0 fully saturated rings. The molecule has 0 heterocycles. The van der Waals surface area contributed by atoms with Crippen molar-refractivity contribution in [3.05, 3.63) is 24.3 Å². The summed E-state index contributed by atoms with van der Waals surface area (Å²) in [7, 11) is -3.51. The van der Waals surface area contributed by atoms with Gasteiger partial charge in [0.15, 0.2) is 0 Å². The second-order valence-corrected chi connectivity index (χ2v) is 7.42. The third-order valence-electron chi connectivity index (χ3n) is 2.99. The Bertz CT molecular complexity index is 671. The van der Waals surface area contributed by atoms with Gasteiger partial charge in [-0.3, -0.25) is 13.9 Å². The van der Waals surface area contributed by atoms with Crippen molar-refractivity contribution in [2.24, 2.45) is 5.92 Å². The normalized spacial score (nSPS) is 11.2. The van der Waals surface area contributed by atoms with E-state index in [0.29, 0.717) is 11.4 Å². The average molecular weight is 341 g/mol. The fourth-order valence-electron chi connectivity index (χ4n) is 1.91. The highest BCUT2D eigenvalue weighted by Crippen LogP contribution is 2.21. The van der Waals surface area contributed by atoms with E-state index in [1.807, 2.05) is 0 Å². The van der Waals surface area contributed by atoms with Crippen molar-refractivity contribution >= 4 is 33.2 Å². The fourth-order valence-corrected chi connectivity index (χ4v) is 2.83. The van der Waals surface area contributed by atoms with Gasteiger partial charge >= 0.3 is 0 Å². The van der Waals surface area contributed by atoms with Crippen molar-refractivity contribution in [2.75, 3.05) is 29.0 Å². The largest absolute Gasteiger partial charge is 0.354 e. The first-order valence-electron chi connectivity index (χ1n) is 7.24. The molecule has 2 amide bonds. The van der Waals surface area contributed by atoms with E-state index >= 15 is 0 Å². The number of amides is 2. The molecule has 0 saturated heterocycles. The van der Waals surface area contributed by atoms with Crippen LogP contribution in [0.4, 0.5) is 11.4 Å². The van der Waals surface area contributed by atoms with Crippen molar-refractivity contribution in [2.45, 2.75) is 20.8 Å². The summed E-state index contributed by atoms with van der Waals surface area (Å²) in [5.41, 5.74) is 0.937. The Balaban J connectivity index is 2.91. The van der Waals surface area contributed by atoms with Gasteiger partial charge in [0.2, 0.25) is 21.8 Å². The Morgan fingerprint density at radius 3 is 2.43 bits per heavy atom. The number of benzene rings is 1. The van der Waals surface area contributed by atoms with Crippen LogP contribution in [-0.2, 0) is 19.6 Å². The van der Waals surface area contributed by atoms with Gasteiger partial charge in [0.25, 0.3) is 0 Å². The molecule has 2 N–H and O–H groups in total. The van der Waals surface area contributed by atoms with E-state index in [4.69, 9.17) is 0 Å². The van der Waals surface area contributed by atoms with Crippen molar-refractivity contribution in [1.82, 2.24) is 5.32 Å². The maximum absolute atomic E-state index is 12.0. The maximum Gasteiger partial charge on any atom is 0.232 e. The highest BCUT2D eigenvalue weighted by molar-refractivity contribution is 7.92. The SMILES string of the molecule is CC(=O)Nc1cccc(N(CCNC(=O)C(C)C)S(C)(=O)=O)c1. The number of carbonyl (C=O) groups is 2. The molecule has 0 aromatic heterocycles. The third-order valence-corrected chi connectivity index (χ3v) is 4.19. The van der Waals surface area contributed by atoms with E-state index in [9.17, 15) is 18.0 Å². The maximum atomic E-state index is 12.0. The van der Waals surface area contributed by atoms with Crippen LogP contribution in [0, 0.1) is 5.92 Å². The summed E-state index contributed by atoms with van der Waals surface area (Å²) in [6.45, 7) is 5.22. The van der Waals surface area contributed by atoms with E-state index in [1.54, 1.807) is 38.1 Å². The van der Waals surface area contributed by atoms with Crippen molar-refractivity contribution in [1.29, 1.82) is 0 Å². The number of sulfonamides is 1. The summed E-state index contributed by atoms with van der Waals surface area (Å²) in [6.07, 6.45) is 1.10. The number of anilines is 2. The van der Waals surface area contributed by atoms with Crippen LogP contribution in [0.1, 0.15) is 20.8 Å². The van der Waals surface area contributed by atoms with Gasteiger partial charge in [-0.2, -0.15) is 0 Å². The third kappa shape index (κ3) is 6.27. The molecule has 23 heavy (non-hydrogen) atoms. The standard InChI is InChI=1S/C15H23N3O4S/c1-11(2)15(20)16-8-9-18(23(4,21)22)14-7-5-6-13(10-14)17-12(3)19/h5-7,10-11H,8-9H2,1-4H3,(H,16,20)(H,17,19). The molecule has 0 aliphatic carbocycles. The molecule has 128 valence electrons. The van der Waals surface area contributed by atoms with Gasteiger partial charge in [-0.25, -0.2) is 8.42 Å². The molecule has 0 unspecified atom stereocenters. The summed E-state index contributed by atoms with van der Waals surface area (Å²) in [5, 5.41) is 5.30. The van der Waals surface area contributed by atoms with Crippen LogP contribution in [0.3, 0.4) is 0 Å². The molecule has 0 radical (unpaired) electrons. The number of hydrogen-bond acceptors (Lipinski definition) is 4. The number of nitrogens with one attached hydrogen (secondary N) is 2. The number of carbonyl (C=O) groups excluding carboxylic acids is 2. The first kappa shape index (κ1) is 19.0. The van der Waals surface area contributed by atoms with E-state index < -0.39 is 10.0 Å². The topological polar surface area (TPSA) is 95.6 Å². The predicted molar refractivity (Wildman–Crippen MR) is 90.8 cm³/mol. The Hall–Kier alpha value is -2.09. The van der Waals surface area contributed by atoms with Crippen molar-refractivity contribution in [3.63, 3.8) is 0 Å².